The minimum absolute atomic E-state index is 0.160. The molecule has 1 aromatic heterocycles. The summed E-state index contributed by atoms with van der Waals surface area (Å²) in [5.41, 5.74) is 0.750. The summed E-state index contributed by atoms with van der Waals surface area (Å²) in [6.45, 7) is 4.27. The fourth-order valence-electron chi connectivity index (χ4n) is 2.92. The summed E-state index contributed by atoms with van der Waals surface area (Å²) in [4.78, 5) is 11.0. The summed E-state index contributed by atoms with van der Waals surface area (Å²) in [5, 5.41) is 19.0. The first-order chi connectivity index (χ1) is 9.52. The van der Waals surface area contributed by atoms with Crippen LogP contribution in [-0.2, 0) is 13.5 Å². The van der Waals surface area contributed by atoms with Gasteiger partial charge in [0.15, 0.2) is 0 Å². The number of aromatic nitrogens is 2. The lowest BCUT2D eigenvalue weighted by atomic mass is 9.87. The quantitative estimate of drug-likeness (QED) is 0.663. The summed E-state index contributed by atoms with van der Waals surface area (Å²) in [6, 6.07) is 0.328. The minimum Gasteiger partial charge on any atom is -0.362 e. The molecule has 1 saturated carbocycles. The van der Waals surface area contributed by atoms with E-state index < -0.39 is 0 Å². The van der Waals surface area contributed by atoms with E-state index in [1.807, 2.05) is 6.92 Å². The van der Waals surface area contributed by atoms with Gasteiger partial charge in [-0.25, -0.2) is 4.68 Å². The lowest BCUT2D eigenvalue weighted by Crippen LogP contribution is -2.26. The zero-order valence-electron chi connectivity index (χ0n) is 12.6. The normalized spacial score (nSPS) is 22.8. The average molecular weight is 280 g/mol. The molecule has 0 unspecified atom stereocenters. The van der Waals surface area contributed by atoms with Crippen LogP contribution in [-0.4, -0.2) is 20.7 Å². The molecule has 1 fully saturated rings. The number of nitro groups is 1. The molecule has 0 aliphatic heterocycles. The zero-order chi connectivity index (χ0) is 14.7. The average Bonchev–Trinajstić information content (AvgIpc) is 2.69. The van der Waals surface area contributed by atoms with E-state index in [0.29, 0.717) is 24.0 Å². The Labute approximate surface area is 119 Å². The molecule has 1 heterocycles. The third-order valence-corrected chi connectivity index (χ3v) is 4.12. The highest BCUT2D eigenvalue weighted by molar-refractivity contribution is 5.60. The SMILES string of the molecule is CCCc1nn(C)c(NC2CCC(C)CC2)c1[N+](=O)[O-]. The molecule has 0 amide bonds. The number of nitrogens with one attached hydrogen (secondary N) is 1. The molecule has 0 bridgehead atoms. The molecular weight excluding hydrogens is 256 g/mol. The van der Waals surface area contributed by atoms with Crippen LogP contribution in [0.15, 0.2) is 0 Å². The second-order valence-corrected chi connectivity index (χ2v) is 5.88. The monoisotopic (exact) mass is 280 g/mol. The number of hydrogen-bond donors (Lipinski definition) is 1. The second-order valence-electron chi connectivity index (χ2n) is 5.88. The summed E-state index contributed by atoms with van der Waals surface area (Å²) >= 11 is 0. The highest BCUT2D eigenvalue weighted by Crippen LogP contribution is 2.32. The van der Waals surface area contributed by atoms with Crippen LogP contribution >= 0.6 is 0 Å². The molecule has 2 rings (SSSR count). The van der Waals surface area contributed by atoms with Gasteiger partial charge in [-0.15, -0.1) is 0 Å². The number of rotatable bonds is 5. The summed E-state index contributed by atoms with van der Waals surface area (Å²) in [7, 11) is 1.78. The maximum absolute atomic E-state index is 11.3. The zero-order valence-corrected chi connectivity index (χ0v) is 12.6. The van der Waals surface area contributed by atoms with Crippen molar-refractivity contribution in [3.8, 4) is 0 Å². The van der Waals surface area contributed by atoms with Crippen LogP contribution in [0.5, 0.6) is 0 Å². The molecule has 6 nitrogen and oxygen atoms in total. The molecule has 112 valence electrons. The molecule has 0 saturated heterocycles. The molecule has 0 aromatic carbocycles. The molecule has 0 radical (unpaired) electrons. The molecule has 1 aromatic rings. The van der Waals surface area contributed by atoms with Crippen LogP contribution < -0.4 is 5.32 Å². The van der Waals surface area contributed by atoms with Crippen LogP contribution in [0.2, 0.25) is 0 Å². The minimum atomic E-state index is -0.300. The van der Waals surface area contributed by atoms with E-state index in [-0.39, 0.29) is 10.6 Å². The van der Waals surface area contributed by atoms with E-state index >= 15 is 0 Å². The largest absolute Gasteiger partial charge is 0.362 e. The van der Waals surface area contributed by atoms with Crippen LogP contribution in [0.3, 0.4) is 0 Å². The summed E-state index contributed by atoms with van der Waals surface area (Å²) < 4.78 is 1.63. The third-order valence-electron chi connectivity index (χ3n) is 4.12. The van der Waals surface area contributed by atoms with E-state index in [1.54, 1.807) is 11.7 Å². The fraction of sp³-hybridized carbons (Fsp3) is 0.786. The Bertz CT molecular complexity index is 476. The summed E-state index contributed by atoms with van der Waals surface area (Å²) in [6.07, 6.45) is 6.03. The highest BCUT2D eigenvalue weighted by Gasteiger charge is 2.28. The van der Waals surface area contributed by atoms with Crippen LogP contribution in [0.1, 0.15) is 51.6 Å². The molecule has 0 atom stereocenters. The maximum Gasteiger partial charge on any atom is 0.333 e. The molecular formula is C14H24N4O2. The van der Waals surface area contributed by atoms with E-state index in [2.05, 4.69) is 17.3 Å². The van der Waals surface area contributed by atoms with Crippen molar-refractivity contribution in [3.63, 3.8) is 0 Å². The molecule has 1 aliphatic rings. The van der Waals surface area contributed by atoms with Gasteiger partial charge in [-0.1, -0.05) is 20.3 Å². The first kappa shape index (κ1) is 14.8. The topological polar surface area (TPSA) is 73.0 Å². The Morgan fingerprint density at radius 3 is 2.60 bits per heavy atom. The number of anilines is 1. The highest BCUT2D eigenvalue weighted by atomic mass is 16.6. The lowest BCUT2D eigenvalue weighted by molar-refractivity contribution is -0.384. The Morgan fingerprint density at radius 2 is 2.05 bits per heavy atom. The number of hydrogen-bond acceptors (Lipinski definition) is 4. The van der Waals surface area contributed by atoms with Crippen molar-refractivity contribution in [3.05, 3.63) is 15.8 Å². The van der Waals surface area contributed by atoms with Crippen LogP contribution in [0.4, 0.5) is 11.5 Å². The standard InChI is InChI=1S/C14H24N4O2/c1-4-5-12-13(18(19)20)14(17(3)16-12)15-11-8-6-10(2)7-9-11/h10-11,15H,4-9H2,1-3H3. The first-order valence-electron chi connectivity index (χ1n) is 7.49. The Morgan fingerprint density at radius 1 is 1.40 bits per heavy atom. The van der Waals surface area contributed by atoms with Gasteiger partial charge < -0.3 is 5.32 Å². The van der Waals surface area contributed by atoms with Gasteiger partial charge in [-0.3, -0.25) is 10.1 Å². The van der Waals surface area contributed by atoms with Crippen molar-refractivity contribution >= 4 is 11.5 Å². The molecule has 0 spiro atoms. The third kappa shape index (κ3) is 3.11. The molecule has 1 N–H and O–H groups in total. The van der Waals surface area contributed by atoms with Gasteiger partial charge in [-0.05, 0) is 38.0 Å². The molecule has 20 heavy (non-hydrogen) atoms. The predicted molar refractivity (Wildman–Crippen MR) is 78.9 cm³/mol. The van der Waals surface area contributed by atoms with Crippen LogP contribution in [0, 0.1) is 16.0 Å². The van der Waals surface area contributed by atoms with Gasteiger partial charge in [-0.2, -0.15) is 5.10 Å². The van der Waals surface area contributed by atoms with Crippen molar-refractivity contribution in [2.45, 2.75) is 58.4 Å². The fourth-order valence-corrected chi connectivity index (χ4v) is 2.92. The number of aryl methyl sites for hydroxylation is 2. The maximum atomic E-state index is 11.3. The van der Waals surface area contributed by atoms with Crippen molar-refractivity contribution in [2.24, 2.45) is 13.0 Å². The van der Waals surface area contributed by atoms with Crippen molar-refractivity contribution < 1.29 is 4.92 Å². The Hall–Kier alpha value is -1.59. The first-order valence-corrected chi connectivity index (χ1v) is 7.49. The van der Waals surface area contributed by atoms with E-state index in [9.17, 15) is 10.1 Å². The lowest BCUT2D eigenvalue weighted by Gasteiger charge is -2.27. The van der Waals surface area contributed by atoms with Crippen molar-refractivity contribution in [1.29, 1.82) is 0 Å². The van der Waals surface area contributed by atoms with Crippen molar-refractivity contribution in [1.82, 2.24) is 9.78 Å². The smallest absolute Gasteiger partial charge is 0.333 e. The van der Waals surface area contributed by atoms with Gasteiger partial charge in [0, 0.05) is 13.1 Å². The Balaban J connectivity index is 2.19. The van der Waals surface area contributed by atoms with Crippen LogP contribution in [0.25, 0.3) is 0 Å². The number of nitrogens with zero attached hydrogens (tertiary/aromatic N) is 3. The second kappa shape index (κ2) is 6.24. The van der Waals surface area contributed by atoms with Gasteiger partial charge >= 0.3 is 5.69 Å². The van der Waals surface area contributed by atoms with E-state index in [4.69, 9.17) is 0 Å². The predicted octanol–water partition coefficient (Wildman–Crippen LogP) is 3.27. The van der Waals surface area contributed by atoms with Gasteiger partial charge in [0.25, 0.3) is 0 Å². The van der Waals surface area contributed by atoms with E-state index in [1.165, 1.54) is 12.8 Å². The van der Waals surface area contributed by atoms with Gasteiger partial charge in [0.1, 0.15) is 5.69 Å². The van der Waals surface area contributed by atoms with Crippen molar-refractivity contribution in [2.75, 3.05) is 5.32 Å². The molecule has 1 aliphatic carbocycles. The van der Waals surface area contributed by atoms with E-state index in [0.717, 1.165) is 25.2 Å². The van der Waals surface area contributed by atoms with Gasteiger partial charge in [0.2, 0.25) is 5.82 Å². The Kier molecular flexibility index (Phi) is 4.62. The molecule has 6 heteroatoms. The summed E-state index contributed by atoms with van der Waals surface area (Å²) in [5.74, 6) is 1.34. The van der Waals surface area contributed by atoms with Gasteiger partial charge in [0.05, 0.1) is 4.92 Å².